The van der Waals surface area contributed by atoms with E-state index in [1.807, 2.05) is 0 Å². The Morgan fingerprint density at radius 2 is 1.44 bits per heavy atom. The van der Waals surface area contributed by atoms with Gasteiger partial charge in [0.1, 0.15) is 11.6 Å². The summed E-state index contributed by atoms with van der Waals surface area (Å²) >= 11 is 0. The van der Waals surface area contributed by atoms with Crippen molar-refractivity contribution in [1.29, 1.82) is 0 Å². The number of benzene rings is 1. The molecule has 138 valence electrons. The van der Waals surface area contributed by atoms with Crippen LogP contribution in [-0.2, 0) is 0 Å². The van der Waals surface area contributed by atoms with E-state index >= 15 is 0 Å². The number of hydrogen-bond donors (Lipinski definition) is 0. The summed E-state index contributed by atoms with van der Waals surface area (Å²) in [5.74, 6) is 4.13. The van der Waals surface area contributed by atoms with Crippen molar-refractivity contribution in [3.63, 3.8) is 0 Å². The standard InChI is InChI=1S/C23H33FO/c1-2-3-4-18-5-9-20(10-6-18)21-11-7-19(8-12-21)17-25-23-15-13-22(24)14-16-23/h2,13-16,18-21H,1,3-12,17H2/t18-,19-,20-,21-. The fraction of sp³-hybridized carbons (Fsp3) is 0.652. The molecule has 0 amide bonds. The zero-order valence-electron chi connectivity index (χ0n) is 15.5. The molecule has 2 heteroatoms. The maximum atomic E-state index is 12.9. The molecule has 0 aliphatic heterocycles. The van der Waals surface area contributed by atoms with Crippen LogP contribution in [0.2, 0.25) is 0 Å². The quantitative estimate of drug-likeness (QED) is 0.495. The van der Waals surface area contributed by atoms with Gasteiger partial charge in [-0.25, -0.2) is 4.39 Å². The molecule has 0 unspecified atom stereocenters. The second-order valence-electron chi connectivity index (χ2n) is 8.19. The predicted octanol–water partition coefficient (Wildman–Crippen LogP) is 6.78. The summed E-state index contributed by atoms with van der Waals surface area (Å²) < 4.78 is 18.8. The van der Waals surface area contributed by atoms with Gasteiger partial charge in [-0.15, -0.1) is 6.58 Å². The molecular formula is C23H33FO. The lowest BCUT2D eigenvalue weighted by atomic mass is 9.69. The van der Waals surface area contributed by atoms with Crippen molar-refractivity contribution in [2.45, 2.75) is 64.2 Å². The Kier molecular flexibility index (Phi) is 6.95. The van der Waals surface area contributed by atoms with Crippen molar-refractivity contribution in [2.75, 3.05) is 6.61 Å². The largest absolute Gasteiger partial charge is 0.493 e. The van der Waals surface area contributed by atoms with Gasteiger partial charge in [0, 0.05) is 0 Å². The van der Waals surface area contributed by atoms with Gasteiger partial charge in [-0.3, -0.25) is 0 Å². The topological polar surface area (TPSA) is 9.23 Å². The Labute approximate surface area is 152 Å². The van der Waals surface area contributed by atoms with E-state index in [4.69, 9.17) is 4.74 Å². The second kappa shape index (κ2) is 9.40. The maximum absolute atomic E-state index is 12.9. The third-order valence-electron chi connectivity index (χ3n) is 6.53. The van der Waals surface area contributed by atoms with Gasteiger partial charge in [0.15, 0.2) is 0 Å². The van der Waals surface area contributed by atoms with Gasteiger partial charge in [0.25, 0.3) is 0 Å². The first-order valence-electron chi connectivity index (χ1n) is 10.2. The van der Waals surface area contributed by atoms with E-state index in [1.54, 1.807) is 12.1 Å². The summed E-state index contributed by atoms with van der Waals surface area (Å²) in [5, 5.41) is 0. The van der Waals surface area contributed by atoms with E-state index in [0.717, 1.165) is 30.1 Å². The van der Waals surface area contributed by atoms with Crippen LogP contribution in [0.15, 0.2) is 36.9 Å². The summed E-state index contributed by atoms with van der Waals surface area (Å²) in [6.07, 6.45) is 15.7. The minimum Gasteiger partial charge on any atom is -0.493 e. The first-order chi connectivity index (χ1) is 12.2. The van der Waals surface area contributed by atoms with Gasteiger partial charge in [0.2, 0.25) is 0 Å². The Morgan fingerprint density at radius 3 is 2.00 bits per heavy atom. The molecule has 0 atom stereocenters. The molecule has 2 saturated carbocycles. The first-order valence-corrected chi connectivity index (χ1v) is 10.2. The maximum Gasteiger partial charge on any atom is 0.123 e. The van der Waals surface area contributed by atoms with Gasteiger partial charge >= 0.3 is 0 Å². The zero-order chi connectivity index (χ0) is 17.5. The highest BCUT2D eigenvalue weighted by Gasteiger charge is 2.30. The van der Waals surface area contributed by atoms with Crippen LogP contribution >= 0.6 is 0 Å². The Balaban J connectivity index is 1.34. The minimum absolute atomic E-state index is 0.202. The summed E-state index contributed by atoms with van der Waals surface area (Å²) in [6.45, 7) is 4.64. The molecule has 0 spiro atoms. The van der Waals surface area contributed by atoms with Crippen molar-refractivity contribution >= 4 is 0 Å². The number of allylic oxidation sites excluding steroid dienone is 1. The monoisotopic (exact) mass is 344 g/mol. The molecule has 2 fully saturated rings. The van der Waals surface area contributed by atoms with Crippen LogP contribution in [0, 0.1) is 29.5 Å². The smallest absolute Gasteiger partial charge is 0.123 e. The van der Waals surface area contributed by atoms with Gasteiger partial charge < -0.3 is 4.74 Å². The van der Waals surface area contributed by atoms with Crippen LogP contribution < -0.4 is 4.74 Å². The lowest BCUT2D eigenvalue weighted by Crippen LogP contribution is -2.27. The fourth-order valence-electron chi connectivity index (χ4n) is 4.87. The molecule has 2 aliphatic carbocycles. The molecule has 0 radical (unpaired) electrons. The second-order valence-corrected chi connectivity index (χ2v) is 8.19. The zero-order valence-corrected chi connectivity index (χ0v) is 15.5. The third-order valence-corrected chi connectivity index (χ3v) is 6.53. The van der Waals surface area contributed by atoms with Crippen molar-refractivity contribution in [3.8, 4) is 5.75 Å². The van der Waals surface area contributed by atoms with Crippen LogP contribution in [0.4, 0.5) is 4.39 Å². The summed E-state index contributed by atoms with van der Waals surface area (Å²) in [6, 6.07) is 6.40. The van der Waals surface area contributed by atoms with Crippen LogP contribution in [0.1, 0.15) is 64.2 Å². The Morgan fingerprint density at radius 1 is 0.880 bits per heavy atom. The molecule has 0 saturated heterocycles. The SMILES string of the molecule is C=CCC[C@H]1CC[C@H]([C@H]2CC[C@H](COc3ccc(F)cc3)CC2)CC1. The summed E-state index contributed by atoms with van der Waals surface area (Å²) in [5.41, 5.74) is 0. The van der Waals surface area contributed by atoms with Gasteiger partial charge in [-0.2, -0.15) is 0 Å². The molecule has 0 bridgehead atoms. The number of halogens is 1. The average Bonchev–Trinajstić information content (AvgIpc) is 2.67. The van der Waals surface area contributed by atoms with E-state index in [9.17, 15) is 4.39 Å². The molecule has 1 aromatic rings. The van der Waals surface area contributed by atoms with Crippen LogP contribution in [0.3, 0.4) is 0 Å². The fourth-order valence-corrected chi connectivity index (χ4v) is 4.87. The minimum atomic E-state index is -0.202. The highest BCUT2D eigenvalue weighted by molar-refractivity contribution is 5.22. The van der Waals surface area contributed by atoms with Crippen LogP contribution in [-0.4, -0.2) is 6.61 Å². The number of ether oxygens (including phenoxy) is 1. The van der Waals surface area contributed by atoms with Crippen LogP contribution in [0.25, 0.3) is 0 Å². The van der Waals surface area contributed by atoms with E-state index < -0.39 is 0 Å². The predicted molar refractivity (Wildman–Crippen MR) is 102 cm³/mol. The normalized spacial score (nSPS) is 30.0. The average molecular weight is 345 g/mol. The van der Waals surface area contributed by atoms with E-state index in [1.165, 1.54) is 76.3 Å². The van der Waals surface area contributed by atoms with Gasteiger partial charge in [-0.1, -0.05) is 18.9 Å². The molecule has 25 heavy (non-hydrogen) atoms. The Bertz CT molecular complexity index is 507. The van der Waals surface area contributed by atoms with Gasteiger partial charge in [-0.05, 0) is 99.3 Å². The molecule has 0 heterocycles. The van der Waals surface area contributed by atoms with E-state index in [2.05, 4.69) is 12.7 Å². The van der Waals surface area contributed by atoms with Crippen molar-refractivity contribution in [3.05, 3.63) is 42.7 Å². The summed E-state index contributed by atoms with van der Waals surface area (Å²) in [7, 11) is 0. The lowest BCUT2D eigenvalue weighted by molar-refractivity contribution is 0.122. The highest BCUT2D eigenvalue weighted by Crippen LogP contribution is 2.42. The molecule has 0 aromatic heterocycles. The Hall–Kier alpha value is -1.31. The molecule has 0 N–H and O–H groups in total. The van der Waals surface area contributed by atoms with E-state index in [0.29, 0.717) is 5.92 Å². The van der Waals surface area contributed by atoms with Crippen LogP contribution in [0.5, 0.6) is 5.75 Å². The molecule has 1 nitrogen and oxygen atoms in total. The molecular weight excluding hydrogens is 311 g/mol. The molecule has 3 rings (SSSR count). The van der Waals surface area contributed by atoms with Crippen molar-refractivity contribution in [2.24, 2.45) is 23.7 Å². The van der Waals surface area contributed by atoms with Gasteiger partial charge in [0.05, 0.1) is 6.61 Å². The molecule has 1 aromatic carbocycles. The summed E-state index contributed by atoms with van der Waals surface area (Å²) in [4.78, 5) is 0. The first kappa shape index (κ1) is 18.5. The van der Waals surface area contributed by atoms with Crippen molar-refractivity contribution < 1.29 is 9.13 Å². The third kappa shape index (κ3) is 5.59. The highest BCUT2D eigenvalue weighted by atomic mass is 19.1. The van der Waals surface area contributed by atoms with E-state index in [-0.39, 0.29) is 5.82 Å². The number of rotatable bonds is 7. The number of hydrogen-bond acceptors (Lipinski definition) is 1. The lowest BCUT2D eigenvalue weighted by Gasteiger charge is -2.37. The molecule has 2 aliphatic rings. The van der Waals surface area contributed by atoms with Crippen molar-refractivity contribution in [1.82, 2.24) is 0 Å².